The van der Waals surface area contributed by atoms with Crippen LogP contribution in [0.15, 0.2) is 36.7 Å². The monoisotopic (exact) mass is 394 g/mol. The number of ether oxygens (including phenoxy) is 1. The molecule has 2 aliphatic heterocycles. The van der Waals surface area contributed by atoms with Crippen molar-refractivity contribution in [3.63, 3.8) is 0 Å². The average molecular weight is 395 g/mol. The van der Waals surface area contributed by atoms with Crippen LogP contribution in [0.2, 0.25) is 0 Å². The van der Waals surface area contributed by atoms with Gasteiger partial charge in [-0.1, -0.05) is 6.07 Å². The lowest BCUT2D eigenvalue weighted by molar-refractivity contribution is -0.129. The molecule has 2 fully saturated rings. The number of amides is 1. The third-order valence-electron chi connectivity index (χ3n) is 6.13. The van der Waals surface area contributed by atoms with Gasteiger partial charge in [-0.2, -0.15) is 0 Å². The third-order valence-corrected chi connectivity index (χ3v) is 6.13. The molecule has 29 heavy (non-hydrogen) atoms. The van der Waals surface area contributed by atoms with Crippen LogP contribution in [0, 0.1) is 6.92 Å². The molecular weight excluding hydrogens is 364 g/mol. The maximum atomic E-state index is 11.6. The van der Waals surface area contributed by atoms with Gasteiger partial charge >= 0.3 is 0 Å². The number of anilines is 1. The summed E-state index contributed by atoms with van der Waals surface area (Å²) in [4.78, 5) is 24.9. The Balaban J connectivity index is 1.37. The van der Waals surface area contributed by atoms with Gasteiger partial charge in [-0.05, 0) is 49.4 Å². The minimum absolute atomic E-state index is 0.168. The van der Waals surface area contributed by atoms with E-state index in [9.17, 15) is 4.79 Å². The molecule has 4 rings (SSSR count). The van der Waals surface area contributed by atoms with Crippen molar-refractivity contribution in [2.75, 3.05) is 31.1 Å². The lowest BCUT2D eigenvalue weighted by atomic mass is 9.90. The highest BCUT2D eigenvalue weighted by atomic mass is 16.5. The van der Waals surface area contributed by atoms with E-state index in [-0.39, 0.29) is 12.0 Å². The van der Waals surface area contributed by atoms with Gasteiger partial charge in [-0.3, -0.25) is 4.79 Å². The van der Waals surface area contributed by atoms with Crippen LogP contribution >= 0.6 is 0 Å². The first-order valence-corrected chi connectivity index (χ1v) is 10.6. The van der Waals surface area contributed by atoms with Crippen molar-refractivity contribution < 1.29 is 9.53 Å². The molecule has 0 spiro atoms. The highest BCUT2D eigenvalue weighted by Crippen LogP contribution is 2.34. The molecule has 0 atom stereocenters. The SMILES string of the molecule is CC(=O)N1CCC(c2cccnc2OC2CCN(c3cc(C)ccn3)CC2)CC1. The van der Waals surface area contributed by atoms with E-state index < -0.39 is 0 Å². The Labute approximate surface area is 172 Å². The fourth-order valence-corrected chi connectivity index (χ4v) is 4.37. The Kier molecular flexibility index (Phi) is 5.97. The number of nitrogens with zero attached hydrogens (tertiary/aromatic N) is 4. The summed E-state index contributed by atoms with van der Waals surface area (Å²) in [5.41, 5.74) is 2.43. The van der Waals surface area contributed by atoms with Gasteiger partial charge in [0.05, 0.1) is 0 Å². The molecule has 1 amide bonds. The standard InChI is InChI=1S/C23H30N4O2/c1-17-5-11-24-22(16-17)27-14-8-20(9-15-27)29-23-21(4-3-10-25-23)19-6-12-26(13-7-19)18(2)28/h3-5,10-11,16,19-20H,6-9,12-15H2,1-2H3. The normalized spacial score (nSPS) is 18.7. The third kappa shape index (κ3) is 4.69. The van der Waals surface area contributed by atoms with Gasteiger partial charge in [0, 0.05) is 63.9 Å². The van der Waals surface area contributed by atoms with Crippen molar-refractivity contribution in [1.82, 2.24) is 14.9 Å². The maximum absolute atomic E-state index is 11.6. The molecule has 0 aromatic carbocycles. The lowest BCUT2D eigenvalue weighted by Crippen LogP contribution is -2.39. The summed E-state index contributed by atoms with van der Waals surface area (Å²) in [5, 5.41) is 0. The molecule has 0 N–H and O–H groups in total. The molecule has 154 valence electrons. The second-order valence-electron chi connectivity index (χ2n) is 8.17. The number of piperidine rings is 2. The topological polar surface area (TPSA) is 58.6 Å². The summed E-state index contributed by atoms with van der Waals surface area (Å²) in [7, 11) is 0. The van der Waals surface area contributed by atoms with Gasteiger partial charge in [0.25, 0.3) is 0 Å². The highest BCUT2D eigenvalue weighted by Gasteiger charge is 2.27. The first kappa shape index (κ1) is 19.7. The van der Waals surface area contributed by atoms with Gasteiger partial charge in [-0.25, -0.2) is 9.97 Å². The molecule has 0 aliphatic carbocycles. The predicted octanol–water partition coefficient (Wildman–Crippen LogP) is 3.56. The summed E-state index contributed by atoms with van der Waals surface area (Å²) >= 11 is 0. The van der Waals surface area contributed by atoms with Crippen molar-refractivity contribution in [1.29, 1.82) is 0 Å². The van der Waals surface area contributed by atoms with Gasteiger partial charge in [-0.15, -0.1) is 0 Å². The Morgan fingerprint density at radius 1 is 1.03 bits per heavy atom. The molecular formula is C23H30N4O2. The van der Waals surface area contributed by atoms with Crippen molar-refractivity contribution in [3.05, 3.63) is 47.8 Å². The zero-order valence-corrected chi connectivity index (χ0v) is 17.4. The van der Waals surface area contributed by atoms with E-state index in [1.165, 1.54) is 11.1 Å². The summed E-state index contributed by atoms with van der Waals surface area (Å²) in [6, 6.07) is 8.31. The minimum Gasteiger partial charge on any atom is -0.474 e. The van der Waals surface area contributed by atoms with Gasteiger partial charge in [0.2, 0.25) is 11.8 Å². The largest absolute Gasteiger partial charge is 0.474 e. The second-order valence-corrected chi connectivity index (χ2v) is 8.17. The van der Waals surface area contributed by atoms with Gasteiger partial charge in [0.1, 0.15) is 11.9 Å². The highest BCUT2D eigenvalue weighted by molar-refractivity contribution is 5.73. The van der Waals surface area contributed by atoms with Crippen molar-refractivity contribution in [2.45, 2.75) is 51.6 Å². The van der Waals surface area contributed by atoms with E-state index in [0.717, 1.165) is 63.6 Å². The number of carbonyl (C=O) groups excluding carboxylic acids is 1. The summed E-state index contributed by atoms with van der Waals surface area (Å²) in [6.07, 6.45) is 7.75. The molecule has 4 heterocycles. The van der Waals surface area contributed by atoms with Crippen molar-refractivity contribution in [3.8, 4) is 5.88 Å². The molecule has 2 aromatic rings. The van der Waals surface area contributed by atoms with Crippen LogP contribution in [-0.2, 0) is 4.79 Å². The lowest BCUT2D eigenvalue weighted by Gasteiger charge is -2.34. The maximum Gasteiger partial charge on any atom is 0.219 e. The van der Waals surface area contributed by atoms with E-state index in [0.29, 0.717) is 5.92 Å². The van der Waals surface area contributed by atoms with Crippen LogP contribution in [0.5, 0.6) is 5.88 Å². The van der Waals surface area contributed by atoms with Crippen LogP contribution in [0.25, 0.3) is 0 Å². The van der Waals surface area contributed by atoms with Crippen molar-refractivity contribution in [2.24, 2.45) is 0 Å². The Morgan fingerprint density at radius 3 is 2.48 bits per heavy atom. The van der Waals surface area contributed by atoms with E-state index in [4.69, 9.17) is 4.74 Å². The van der Waals surface area contributed by atoms with Gasteiger partial charge in [0.15, 0.2) is 0 Å². The Hall–Kier alpha value is -2.63. The molecule has 0 unspecified atom stereocenters. The Morgan fingerprint density at radius 2 is 1.79 bits per heavy atom. The fourth-order valence-electron chi connectivity index (χ4n) is 4.37. The van der Waals surface area contributed by atoms with E-state index in [1.807, 2.05) is 29.4 Å². The molecule has 6 heteroatoms. The first-order valence-electron chi connectivity index (χ1n) is 10.6. The number of pyridine rings is 2. The first-order chi connectivity index (χ1) is 14.1. The van der Waals surface area contributed by atoms with E-state index in [2.05, 4.69) is 33.9 Å². The molecule has 0 bridgehead atoms. The molecule has 2 saturated heterocycles. The number of hydrogen-bond donors (Lipinski definition) is 0. The molecule has 6 nitrogen and oxygen atoms in total. The van der Waals surface area contributed by atoms with Crippen LogP contribution in [-0.4, -0.2) is 53.1 Å². The van der Waals surface area contributed by atoms with Crippen LogP contribution in [0.1, 0.15) is 49.7 Å². The summed E-state index contributed by atoms with van der Waals surface area (Å²) in [6.45, 7) is 7.27. The number of aryl methyl sites for hydroxylation is 1. The predicted molar refractivity (Wildman–Crippen MR) is 113 cm³/mol. The van der Waals surface area contributed by atoms with Crippen molar-refractivity contribution >= 4 is 11.7 Å². The van der Waals surface area contributed by atoms with Gasteiger partial charge < -0.3 is 14.5 Å². The summed E-state index contributed by atoms with van der Waals surface area (Å²) in [5.74, 6) is 2.41. The summed E-state index contributed by atoms with van der Waals surface area (Å²) < 4.78 is 6.38. The number of likely N-dealkylation sites (tertiary alicyclic amines) is 1. The number of hydrogen-bond acceptors (Lipinski definition) is 5. The molecule has 0 radical (unpaired) electrons. The fraction of sp³-hybridized carbons (Fsp3) is 0.522. The molecule has 0 saturated carbocycles. The van der Waals surface area contributed by atoms with E-state index in [1.54, 1.807) is 6.92 Å². The Bertz CT molecular complexity index is 840. The zero-order chi connectivity index (χ0) is 20.2. The smallest absolute Gasteiger partial charge is 0.219 e. The average Bonchev–Trinajstić information content (AvgIpc) is 2.75. The number of aromatic nitrogens is 2. The van der Waals surface area contributed by atoms with E-state index >= 15 is 0 Å². The zero-order valence-electron chi connectivity index (χ0n) is 17.4. The minimum atomic E-state index is 0.168. The number of rotatable bonds is 4. The van der Waals surface area contributed by atoms with Crippen LogP contribution in [0.3, 0.4) is 0 Å². The number of carbonyl (C=O) groups is 1. The second kappa shape index (κ2) is 8.80. The molecule has 2 aliphatic rings. The quantitative estimate of drug-likeness (QED) is 0.794. The van der Waals surface area contributed by atoms with Crippen LogP contribution < -0.4 is 9.64 Å². The van der Waals surface area contributed by atoms with Crippen LogP contribution in [0.4, 0.5) is 5.82 Å². The molecule has 2 aromatic heterocycles.